The van der Waals surface area contributed by atoms with Crippen molar-refractivity contribution in [2.24, 2.45) is 0 Å². The standard InChI is InChI=1S/C13H20N4S/c1-4-8-17-11(6-7-16-17)13(14-5-2)12-9-15-10(3)18-12/h6-7,9,13-14H,4-5,8H2,1-3H3. The van der Waals surface area contributed by atoms with E-state index >= 15 is 0 Å². The molecule has 1 atom stereocenters. The summed E-state index contributed by atoms with van der Waals surface area (Å²) in [4.78, 5) is 5.61. The van der Waals surface area contributed by atoms with Crippen LogP contribution in [-0.4, -0.2) is 21.3 Å². The van der Waals surface area contributed by atoms with Crippen LogP contribution in [0.2, 0.25) is 0 Å². The van der Waals surface area contributed by atoms with E-state index in [1.165, 1.54) is 10.6 Å². The SMILES string of the molecule is CCCn1nccc1C(NCC)c1cnc(C)s1. The minimum atomic E-state index is 0.204. The fourth-order valence-electron chi connectivity index (χ4n) is 2.05. The van der Waals surface area contributed by atoms with E-state index < -0.39 is 0 Å². The van der Waals surface area contributed by atoms with Crippen LogP contribution in [-0.2, 0) is 6.54 Å². The van der Waals surface area contributed by atoms with Gasteiger partial charge < -0.3 is 5.32 Å². The zero-order valence-electron chi connectivity index (χ0n) is 11.2. The number of nitrogens with zero attached hydrogens (tertiary/aromatic N) is 3. The van der Waals surface area contributed by atoms with Gasteiger partial charge >= 0.3 is 0 Å². The van der Waals surface area contributed by atoms with Crippen molar-refractivity contribution < 1.29 is 0 Å². The molecule has 0 saturated heterocycles. The first kappa shape index (κ1) is 13.2. The lowest BCUT2D eigenvalue weighted by molar-refractivity contribution is 0.523. The van der Waals surface area contributed by atoms with Crippen LogP contribution in [0.3, 0.4) is 0 Å². The molecular formula is C13H20N4S. The topological polar surface area (TPSA) is 42.7 Å². The molecule has 2 aromatic rings. The third-order valence-corrected chi connectivity index (χ3v) is 3.79. The van der Waals surface area contributed by atoms with Crippen molar-refractivity contribution in [3.63, 3.8) is 0 Å². The van der Waals surface area contributed by atoms with Crippen LogP contribution in [0.5, 0.6) is 0 Å². The summed E-state index contributed by atoms with van der Waals surface area (Å²) in [5.41, 5.74) is 1.22. The van der Waals surface area contributed by atoms with Gasteiger partial charge in [-0.15, -0.1) is 11.3 Å². The van der Waals surface area contributed by atoms with Gasteiger partial charge in [0.15, 0.2) is 0 Å². The fourth-order valence-corrected chi connectivity index (χ4v) is 2.93. The van der Waals surface area contributed by atoms with E-state index in [0.717, 1.165) is 24.5 Å². The Morgan fingerprint density at radius 3 is 2.89 bits per heavy atom. The molecule has 0 bridgehead atoms. The Hall–Kier alpha value is -1.20. The minimum absolute atomic E-state index is 0.204. The monoisotopic (exact) mass is 264 g/mol. The Morgan fingerprint density at radius 1 is 1.44 bits per heavy atom. The summed E-state index contributed by atoms with van der Waals surface area (Å²) in [6, 6.07) is 2.30. The Labute approximate surface area is 112 Å². The van der Waals surface area contributed by atoms with Gasteiger partial charge in [0.05, 0.1) is 16.7 Å². The van der Waals surface area contributed by atoms with E-state index in [1.54, 1.807) is 11.3 Å². The Balaban J connectivity index is 2.31. The van der Waals surface area contributed by atoms with Gasteiger partial charge in [-0.3, -0.25) is 4.68 Å². The zero-order valence-corrected chi connectivity index (χ0v) is 12.0. The molecule has 0 aliphatic rings. The zero-order chi connectivity index (χ0) is 13.0. The molecule has 1 N–H and O–H groups in total. The van der Waals surface area contributed by atoms with E-state index in [2.05, 4.69) is 40.0 Å². The lowest BCUT2D eigenvalue weighted by Gasteiger charge is -2.17. The average molecular weight is 264 g/mol. The van der Waals surface area contributed by atoms with Gasteiger partial charge in [0, 0.05) is 23.8 Å². The van der Waals surface area contributed by atoms with Crippen molar-refractivity contribution >= 4 is 11.3 Å². The summed E-state index contributed by atoms with van der Waals surface area (Å²) in [5, 5.41) is 9.03. The van der Waals surface area contributed by atoms with Gasteiger partial charge in [0.25, 0.3) is 0 Å². The van der Waals surface area contributed by atoms with Crippen molar-refractivity contribution in [1.82, 2.24) is 20.1 Å². The van der Waals surface area contributed by atoms with Crippen LogP contribution in [0.4, 0.5) is 0 Å². The molecule has 0 radical (unpaired) electrons. The van der Waals surface area contributed by atoms with E-state index in [0.29, 0.717) is 0 Å². The molecule has 0 aliphatic heterocycles. The van der Waals surface area contributed by atoms with Crippen LogP contribution in [0.15, 0.2) is 18.5 Å². The number of aryl methyl sites for hydroxylation is 2. The predicted octanol–water partition coefficient (Wildman–Crippen LogP) is 2.76. The number of rotatable bonds is 6. The summed E-state index contributed by atoms with van der Waals surface area (Å²) in [5.74, 6) is 0. The Morgan fingerprint density at radius 2 is 2.28 bits per heavy atom. The molecule has 98 valence electrons. The van der Waals surface area contributed by atoms with Crippen LogP contribution in [0, 0.1) is 6.92 Å². The molecule has 4 nitrogen and oxygen atoms in total. The first-order valence-corrected chi connectivity index (χ1v) is 7.25. The second-order valence-corrected chi connectivity index (χ2v) is 5.52. The second kappa shape index (κ2) is 6.11. The molecular weight excluding hydrogens is 244 g/mol. The van der Waals surface area contributed by atoms with Crippen LogP contribution in [0.25, 0.3) is 0 Å². The summed E-state index contributed by atoms with van der Waals surface area (Å²) in [7, 11) is 0. The van der Waals surface area contributed by atoms with E-state index in [-0.39, 0.29) is 6.04 Å². The molecule has 0 amide bonds. The Kier molecular flexibility index (Phi) is 4.49. The van der Waals surface area contributed by atoms with Crippen LogP contribution < -0.4 is 5.32 Å². The molecule has 2 aromatic heterocycles. The number of aromatic nitrogens is 3. The smallest absolute Gasteiger partial charge is 0.0897 e. The summed E-state index contributed by atoms with van der Waals surface area (Å²) >= 11 is 1.75. The second-order valence-electron chi connectivity index (χ2n) is 4.25. The predicted molar refractivity (Wildman–Crippen MR) is 74.9 cm³/mol. The van der Waals surface area contributed by atoms with Gasteiger partial charge in [0.2, 0.25) is 0 Å². The number of hydrogen-bond donors (Lipinski definition) is 1. The van der Waals surface area contributed by atoms with E-state index in [9.17, 15) is 0 Å². The number of nitrogens with one attached hydrogen (secondary N) is 1. The van der Waals surface area contributed by atoms with Crippen molar-refractivity contribution in [3.8, 4) is 0 Å². The normalized spacial score (nSPS) is 12.8. The van der Waals surface area contributed by atoms with Gasteiger partial charge in [-0.1, -0.05) is 13.8 Å². The maximum atomic E-state index is 4.40. The molecule has 0 aliphatic carbocycles. The van der Waals surface area contributed by atoms with Crippen LogP contribution >= 0.6 is 11.3 Å². The fraction of sp³-hybridized carbons (Fsp3) is 0.538. The summed E-state index contributed by atoms with van der Waals surface area (Å²) in [6.45, 7) is 8.23. The first-order chi connectivity index (χ1) is 8.76. The molecule has 2 rings (SSSR count). The quantitative estimate of drug-likeness (QED) is 0.872. The molecule has 1 unspecified atom stereocenters. The summed E-state index contributed by atoms with van der Waals surface area (Å²) < 4.78 is 2.09. The van der Waals surface area contributed by atoms with Gasteiger partial charge in [-0.25, -0.2) is 4.98 Å². The highest BCUT2D eigenvalue weighted by Crippen LogP contribution is 2.26. The first-order valence-electron chi connectivity index (χ1n) is 6.43. The average Bonchev–Trinajstić information content (AvgIpc) is 2.96. The maximum absolute atomic E-state index is 4.40. The lowest BCUT2D eigenvalue weighted by Crippen LogP contribution is -2.24. The van der Waals surface area contributed by atoms with Crippen LogP contribution in [0.1, 0.15) is 41.9 Å². The molecule has 0 saturated carbocycles. The molecule has 0 aromatic carbocycles. The molecule has 0 fully saturated rings. The number of hydrogen-bond acceptors (Lipinski definition) is 4. The number of thiazole rings is 1. The van der Waals surface area contributed by atoms with Crippen molar-refractivity contribution in [2.45, 2.75) is 39.8 Å². The van der Waals surface area contributed by atoms with Gasteiger partial charge in [-0.05, 0) is 26.0 Å². The minimum Gasteiger partial charge on any atom is -0.305 e. The maximum Gasteiger partial charge on any atom is 0.0897 e. The third-order valence-electron chi connectivity index (χ3n) is 2.81. The highest BCUT2D eigenvalue weighted by Gasteiger charge is 2.19. The molecule has 2 heterocycles. The third kappa shape index (κ3) is 2.79. The Bertz CT molecular complexity index is 489. The highest BCUT2D eigenvalue weighted by molar-refractivity contribution is 7.11. The molecule has 0 spiro atoms. The molecule has 5 heteroatoms. The van der Waals surface area contributed by atoms with E-state index in [4.69, 9.17) is 0 Å². The van der Waals surface area contributed by atoms with Gasteiger partial charge in [0.1, 0.15) is 0 Å². The summed E-state index contributed by atoms with van der Waals surface area (Å²) in [6.07, 6.45) is 4.94. The van der Waals surface area contributed by atoms with Crippen molar-refractivity contribution in [2.75, 3.05) is 6.54 Å². The lowest BCUT2D eigenvalue weighted by atomic mass is 10.2. The van der Waals surface area contributed by atoms with Crippen molar-refractivity contribution in [3.05, 3.63) is 34.0 Å². The molecule has 18 heavy (non-hydrogen) atoms. The highest BCUT2D eigenvalue weighted by atomic mass is 32.1. The van der Waals surface area contributed by atoms with E-state index in [1.807, 2.05) is 19.3 Å². The van der Waals surface area contributed by atoms with Gasteiger partial charge in [-0.2, -0.15) is 5.10 Å². The van der Waals surface area contributed by atoms with Crippen molar-refractivity contribution in [1.29, 1.82) is 0 Å². The largest absolute Gasteiger partial charge is 0.305 e.